The summed E-state index contributed by atoms with van der Waals surface area (Å²) in [7, 11) is 0. The maximum absolute atomic E-state index is 12.4. The quantitative estimate of drug-likeness (QED) is 0.833. The third-order valence-electron chi connectivity index (χ3n) is 4.72. The summed E-state index contributed by atoms with van der Waals surface area (Å²) in [6.45, 7) is 3.09. The average Bonchev–Trinajstić information content (AvgIpc) is 3.06. The minimum atomic E-state index is -0.102. The van der Waals surface area contributed by atoms with Crippen LogP contribution in [0.4, 0.5) is 0 Å². The standard InChI is InChI=1S/C17H24N2O/c20-16(19-11-7-15-6-10-18-13-15)17(8-9-17)12-14-4-2-1-3-5-14/h1-5,15,18H,6-13H2,(H,19,20). The van der Waals surface area contributed by atoms with Crippen LogP contribution in [0, 0.1) is 11.3 Å². The fourth-order valence-electron chi connectivity index (χ4n) is 3.16. The lowest BCUT2D eigenvalue weighted by molar-refractivity contribution is -0.126. The van der Waals surface area contributed by atoms with Crippen molar-refractivity contribution in [2.24, 2.45) is 11.3 Å². The molecule has 20 heavy (non-hydrogen) atoms. The molecular formula is C17H24N2O. The number of hydrogen-bond acceptors (Lipinski definition) is 2. The summed E-state index contributed by atoms with van der Waals surface area (Å²) in [5.41, 5.74) is 1.18. The molecule has 1 atom stereocenters. The van der Waals surface area contributed by atoms with Crippen molar-refractivity contribution in [2.75, 3.05) is 19.6 Å². The smallest absolute Gasteiger partial charge is 0.226 e. The van der Waals surface area contributed by atoms with Gasteiger partial charge in [0, 0.05) is 6.54 Å². The molecule has 3 nitrogen and oxygen atoms in total. The molecule has 0 radical (unpaired) electrons. The van der Waals surface area contributed by atoms with Crippen molar-refractivity contribution in [3.63, 3.8) is 0 Å². The first-order valence-corrected chi connectivity index (χ1v) is 7.81. The number of hydrogen-bond donors (Lipinski definition) is 2. The van der Waals surface area contributed by atoms with E-state index in [9.17, 15) is 4.79 Å². The molecule has 1 aliphatic carbocycles. The first-order valence-electron chi connectivity index (χ1n) is 7.81. The van der Waals surface area contributed by atoms with E-state index in [0.717, 1.165) is 51.2 Å². The van der Waals surface area contributed by atoms with E-state index in [4.69, 9.17) is 0 Å². The van der Waals surface area contributed by atoms with Gasteiger partial charge in [-0.15, -0.1) is 0 Å². The van der Waals surface area contributed by atoms with Gasteiger partial charge >= 0.3 is 0 Å². The third kappa shape index (κ3) is 3.21. The van der Waals surface area contributed by atoms with Crippen LogP contribution in [0.1, 0.15) is 31.2 Å². The summed E-state index contributed by atoms with van der Waals surface area (Å²) in [5.74, 6) is 1.02. The topological polar surface area (TPSA) is 41.1 Å². The van der Waals surface area contributed by atoms with E-state index in [2.05, 4.69) is 34.9 Å². The number of carbonyl (C=O) groups is 1. The van der Waals surface area contributed by atoms with Crippen LogP contribution in [-0.2, 0) is 11.2 Å². The van der Waals surface area contributed by atoms with Gasteiger partial charge in [0.25, 0.3) is 0 Å². The molecule has 108 valence electrons. The molecule has 1 unspecified atom stereocenters. The summed E-state index contributed by atoms with van der Waals surface area (Å²) in [5, 5.41) is 6.54. The van der Waals surface area contributed by atoms with Crippen molar-refractivity contribution < 1.29 is 4.79 Å². The number of carbonyl (C=O) groups excluding carboxylic acids is 1. The van der Waals surface area contributed by atoms with Crippen LogP contribution >= 0.6 is 0 Å². The van der Waals surface area contributed by atoms with Crippen molar-refractivity contribution in [1.29, 1.82) is 0 Å². The highest BCUT2D eigenvalue weighted by Crippen LogP contribution is 2.48. The van der Waals surface area contributed by atoms with E-state index in [1.165, 1.54) is 12.0 Å². The first-order chi connectivity index (χ1) is 9.78. The van der Waals surface area contributed by atoms with Crippen molar-refractivity contribution in [3.8, 4) is 0 Å². The van der Waals surface area contributed by atoms with Gasteiger partial charge in [0.15, 0.2) is 0 Å². The first kappa shape index (κ1) is 13.6. The zero-order valence-corrected chi connectivity index (χ0v) is 12.0. The van der Waals surface area contributed by atoms with E-state index in [1.54, 1.807) is 0 Å². The Hall–Kier alpha value is -1.35. The molecule has 0 spiro atoms. The number of rotatable bonds is 6. The minimum absolute atomic E-state index is 0.102. The molecule has 0 bridgehead atoms. The Kier molecular flexibility index (Phi) is 4.06. The van der Waals surface area contributed by atoms with Crippen molar-refractivity contribution in [2.45, 2.75) is 32.1 Å². The van der Waals surface area contributed by atoms with Gasteiger partial charge in [0.2, 0.25) is 5.91 Å². The molecule has 1 aromatic rings. The lowest BCUT2D eigenvalue weighted by Gasteiger charge is -2.16. The van der Waals surface area contributed by atoms with Crippen molar-refractivity contribution >= 4 is 5.91 Å². The molecule has 3 rings (SSSR count). The van der Waals surface area contributed by atoms with Gasteiger partial charge in [-0.05, 0) is 56.7 Å². The SMILES string of the molecule is O=C(NCCC1CCNC1)C1(Cc2ccccc2)CC1. The highest BCUT2D eigenvalue weighted by Gasteiger charge is 2.49. The van der Waals surface area contributed by atoms with Crippen LogP contribution in [0.3, 0.4) is 0 Å². The maximum atomic E-state index is 12.4. The van der Waals surface area contributed by atoms with Crippen LogP contribution in [0.15, 0.2) is 30.3 Å². The lowest BCUT2D eigenvalue weighted by atomic mass is 9.95. The second-order valence-electron chi connectivity index (χ2n) is 6.35. The Morgan fingerprint density at radius 3 is 2.75 bits per heavy atom. The van der Waals surface area contributed by atoms with Crippen LogP contribution < -0.4 is 10.6 Å². The summed E-state index contributed by atoms with van der Waals surface area (Å²) in [4.78, 5) is 12.4. The molecule has 1 saturated heterocycles. The highest BCUT2D eigenvalue weighted by molar-refractivity contribution is 5.85. The molecule has 2 N–H and O–H groups in total. The summed E-state index contributed by atoms with van der Waals surface area (Å²) in [6.07, 6.45) is 5.34. The number of nitrogens with one attached hydrogen (secondary N) is 2. The predicted octanol–water partition coefficient (Wildman–Crippen LogP) is 2.13. The molecule has 1 amide bonds. The van der Waals surface area contributed by atoms with Gasteiger partial charge in [0.1, 0.15) is 0 Å². The van der Waals surface area contributed by atoms with Gasteiger partial charge in [-0.2, -0.15) is 0 Å². The maximum Gasteiger partial charge on any atom is 0.226 e. The summed E-state index contributed by atoms with van der Waals surface area (Å²) in [6, 6.07) is 10.4. The molecule has 0 aromatic heterocycles. The Bertz CT molecular complexity index is 447. The largest absolute Gasteiger partial charge is 0.356 e. The fourth-order valence-corrected chi connectivity index (χ4v) is 3.16. The van der Waals surface area contributed by atoms with Crippen LogP contribution in [0.25, 0.3) is 0 Å². The molecule has 3 heteroatoms. The molecule has 1 aromatic carbocycles. The lowest BCUT2D eigenvalue weighted by Crippen LogP contribution is -2.34. The Labute approximate surface area is 121 Å². The fraction of sp³-hybridized carbons (Fsp3) is 0.588. The van der Waals surface area contributed by atoms with Gasteiger partial charge in [-0.25, -0.2) is 0 Å². The van der Waals surface area contributed by atoms with Crippen molar-refractivity contribution in [3.05, 3.63) is 35.9 Å². The number of amides is 1. The minimum Gasteiger partial charge on any atom is -0.356 e. The van der Waals surface area contributed by atoms with Crippen LogP contribution in [-0.4, -0.2) is 25.5 Å². The Morgan fingerprint density at radius 1 is 1.30 bits per heavy atom. The zero-order valence-electron chi connectivity index (χ0n) is 12.0. The van der Waals surface area contributed by atoms with Crippen molar-refractivity contribution in [1.82, 2.24) is 10.6 Å². The average molecular weight is 272 g/mol. The van der Waals surface area contributed by atoms with Gasteiger partial charge < -0.3 is 10.6 Å². The highest BCUT2D eigenvalue weighted by atomic mass is 16.2. The normalized spacial score (nSPS) is 23.5. The predicted molar refractivity (Wildman–Crippen MR) is 80.4 cm³/mol. The molecule has 2 fully saturated rings. The number of benzene rings is 1. The summed E-state index contributed by atoms with van der Waals surface area (Å²) >= 11 is 0. The zero-order chi connectivity index (χ0) is 13.8. The van der Waals surface area contributed by atoms with E-state index in [-0.39, 0.29) is 11.3 Å². The van der Waals surface area contributed by atoms with E-state index in [0.29, 0.717) is 0 Å². The van der Waals surface area contributed by atoms with Crippen LogP contribution in [0.5, 0.6) is 0 Å². The van der Waals surface area contributed by atoms with Gasteiger partial charge in [-0.1, -0.05) is 30.3 Å². The molecule has 1 heterocycles. The van der Waals surface area contributed by atoms with Gasteiger partial charge in [0.05, 0.1) is 5.41 Å². The van der Waals surface area contributed by atoms with Crippen LogP contribution in [0.2, 0.25) is 0 Å². The monoisotopic (exact) mass is 272 g/mol. The van der Waals surface area contributed by atoms with E-state index < -0.39 is 0 Å². The molecule has 1 saturated carbocycles. The second kappa shape index (κ2) is 5.96. The molecule has 1 aliphatic heterocycles. The van der Waals surface area contributed by atoms with E-state index in [1.807, 2.05) is 6.07 Å². The third-order valence-corrected chi connectivity index (χ3v) is 4.72. The summed E-state index contributed by atoms with van der Waals surface area (Å²) < 4.78 is 0. The molecular weight excluding hydrogens is 248 g/mol. The Balaban J connectivity index is 1.46. The Morgan fingerprint density at radius 2 is 2.10 bits per heavy atom. The van der Waals surface area contributed by atoms with E-state index >= 15 is 0 Å². The second-order valence-corrected chi connectivity index (χ2v) is 6.35. The molecule has 2 aliphatic rings. The van der Waals surface area contributed by atoms with Gasteiger partial charge in [-0.3, -0.25) is 4.79 Å².